The van der Waals surface area contributed by atoms with E-state index in [1.54, 1.807) is 6.07 Å². The van der Waals surface area contributed by atoms with Crippen LogP contribution in [0.25, 0.3) is 0 Å². The molecule has 0 radical (unpaired) electrons. The highest BCUT2D eigenvalue weighted by Crippen LogP contribution is 2.25. The second-order valence-corrected chi connectivity index (χ2v) is 8.61. The van der Waals surface area contributed by atoms with Gasteiger partial charge in [-0.3, -0.25) is 0 Å². The van der Waals surface area contributed by atoms with Gasteiger partial charge in [0.2, 0.25) is 10.0 Å². The van der Waals surface area contributed by atoms with Gasteiger partial charge in [-0.05, 0) is 59.3 Å². The summed E-state index contributed by atoms with van der Waals surface area (Å²) in [5, 5.41) is 3.42. The van der Waals surface area contributed by atoms with E-state index in [-0.39, 0.29) is 12.0 Å². The molecule has 1 aromatic carbocycles. The molecule has 0 aliphatic heterocycles. The molecule has 21 heavy (non-hydrogen) atoms. The predicted molar refractivity (Wildman–Crippen MR) is 88.6 cm³/mol. The number of nitrogens with one attached hydrogen (secondary N) is 2. The van der Waals surface area contributed by atoms with Crippen LogP contribution in [0, 0.1) is 5.92 Å². The number of hydrogen-bond acceptors (Lipinski definition) is 3. The molecule has 0 spiro atoms. The first kappa shape index (κ1) is 16.9. The van der Waals surface area contributed by atoms with Gasteiger partial charge < -0.3 is 5.32 Å². The van der Waals surface area contributed by atoms with Gasteiger partial charge in [0.1, 0.15) is 0 Å². The molecule has 0 amide bonds. The van der Waals surface area contributed by atoms with Crippen LogP contribution >= 0.6 is 15.9 Å². The second-order valence-electron chi connectivity index (χ2n) is 6.07. The smallest absolute Gasteiger partial charge is 0.241 e. The summed E-state index contributed by atoms with van der Waals surface area (Å²) >= 11 is 3.39. The van der Waals surface area contributed by atoms with E-state index in [1.807, 2.05) is 32.9 Å². The predicted octanol–water partition coefficient (Wildman–Crippen LogP) is 3.02. The van der Waals surface area contributed by atoms with Gasteiger partial charge in [-0.15, -0.1) is 0 Å². The fourth-order valence-electron chi connectivity index (χ4n) is 1.87. The number of sulfonamides is 1. The third kappa shape index (κ3) is 4.77. The van der Waals surface area contributed by atoms with E-state index in [1.165, 1.54) is 12.8 Å². The average Bonchev–Trinajstić information content (AvgIpc) is 3.19. The molecule has 0 bridgehead atoms. The van der Waals surface area contributed by atoms with Gasteiger partial charge in [0.25, 0.3) is 0 Å². The topological polar surface area (TPSA) is 58.2 Å². The van der Waals surface area contributed by atoms with E-state index in [0.717, 1.165) is 12.1 Å². The molecule has 1 fully saturated rings. The third-order valence-electron chi connectivity index (χ3n) is 3.80. The first-order chi connectivity index (χ1) is 9.79. The summed E-state index contributed by atoms with van der Waals surface area (Å²) in [6.45, 7) is 6.65. The summed E-state index contributed by atoms with van der Waals surface area (Å²) in [6, 6.07) is 5.96. The molecule has 2 rings (SSSR count). The van der Waals surface area contributed by atoms with Crippen molar-refractivity contribution in [3.05, 3.63) is 28.2 Å². The zero-order valence-corrected chi connectivity index (χ0v) is 15.1. The molecular formula is C15H23BrN2O2S. The standard InChI is InChI=1S/C15H23BrN2O2S/c1-10(2)11(3)18-21(19,20)15-7-4-12(8-14(15)16)9-17-13-5-6-13/h4,7-8,10-11,13,17-18H,5-6,9H2,1-3H3. The lowest BCUT2D eigenvalue weighted by atomic mass is 10.1. The molecule has 0 aromatic heterocycles. The van der Waals surface area contributed by atoms with Crippen molar-refractivity contribution in [1.82, 2.24) is 10.0 Å². The van der Waals surface area contributed by atoms with E-state index in [0.29, 0.717) is 15.4 Å². The van der Waals surface area contributed by atoms with Crippen LogP contribution in [0.15, 0.2) is 27.6 Å². The highest BCUT2D eigenvalue weighted by Gasteiger charge is 2.23. The highest BCUT2D eigenvalue weighted by atomic mass is 79.9. The minimum atomic E-state index is -3.49. The number of hydrogen-bond donors (Lipinski definition) is 2. The van der Waals surface area contributed by atoms with E-state index in [2.05, 4.69) is 26.0 Å². The Morgan fingerprint density at radius 3 is 2.48 bits per heavy atom. The molecular weight excluding hydrogens is 352 g/mol. The molecule has 0 heterocycles. The Labute approximate surface area is 135 Å². The Bertz CT molecular complexity index is 598. The molecule has 1 saturated carbocycles. The molecule has 6 heteroatoms. The largest absolute Gasteiger partial charge is 0.310 e. The normalized spacial score (nSPS) is 17.2. The summed E-state index contributed by atoms with van der Waals surface area (Å²) in [5.41, 5.74) is 1.09. The van der Waals surface area contributed by atoms with E-state index < -0.39 is 10.0 Å². The lowest BCUT2D eigenvalue weighted by Gasteiger charge is -2.18. The van der Waals surface area contributed by atoms with Crippen LogP contribution in [0.3, 0.4) is 0 Å². The van der Waals surface area contributed by atoms with Crippen LogP contribution in [0.4, 0.5) is 0 Å². The zero-order chi connectivity index (χ0) is 15.6. The maximum Gasteiger partial charge on any atom is 0.241 e. The molecule has 1 atom stereocenters. The fraction of sp³-hybridized carbons (Fsp3) is 0.600. The lowest BCUT2D eigenvalue weighted by Crippen LogP contribution is -2.36. The first-order valence-corrected chi connectivity index (χ1v) is 9.61. The van der Waals surface area contributed by atoms with Gasteiger partial charge >= 0.3 is 0 Å². The van der Waals surface area contributed by atoms with Crippen LogP contribution in [0.1, 0.15) is 39.2 Å². The zero-order valence-electron chi connectivity index (χ0n) is 12.7. The van der Waals surface area contributed by atoms with Crippen molar-refractivity contribution in [3.8, 4) is 0 Å². The summed E-state index contributed by atoms with van der Waals surface area (Å²) in [6.07, 6.45) is 2.48. The van der Waals surface area contributed by atoms with Crippen LogP contribution in [-0.2, 0) is 16.6 Å². The molecule has 1 aliphatic carbocycles. The van der Waals surface area contributed by atoms with Gasteiger partial charge in [-0.25, -0.2) is 13.1 Å². The van der Waals surface area contributed by atoms with Crippen LogP contribution in [0.5, 0.6) is 0 Å². The summed E-state index contributed by atoms with van der Waals surface area (Å²) in [5.74, 6) is 0.251. The Hall–Kier alpha value is -0.430. The summed E-state index contributed by atoms with van der Waals surface area (Å²) < 4.78 is 28.1. The third-order valence-corrected chi connectivity index (χ3v) is 6.33. The minimum absolute atomic E-state index is 0.0990. The molecule has 118 valence electrons. The molecule has 1 aliphatic rings. The van der Waals surface area contributed by atoms with Crippen molar-refractivity contribution in [2.75, 3.05) is 0 Å². The van der Waals surface area contributed by atoms with Crippen molar-refractivity contribution >= 4 is 26.0 Å². The van der Waals surface area contributed by atoms with Crippen molar-refractivity contribution in [2.45, 2.75) is 57.1 Å². The SMILES string of the molecule is CC(C)C(C)NS(=O)(=O)c1ccc(CNC2CC2)cc1Br. The van der Waals surface area contributed by atoms with E-state index >= 15 is 0 Å². The second kappa shape index (κ2) is 6.77. The van der Waals surface area contributed by atoms with E-state index in [9.17, 15) is 8.42 Å². The maximum absolute atomic E-state index is 12.4. The Balaban J connectivity index is 2.11. The Kier molecular flexibility index (Phi) is 5.46. The van der Waals surface area contributed by atoms with Crippen molar-refractivity contribution in [2.24, 2.45) is 5.92 Å². The van der Waals surface area contributed by atoms with Gasteiger partial charge in [0.15, 0.2) is 0 Å². The summed E-state index contributed by atoms with van der Waals surface area (Å²) in [7, 11) is -3.49. The van der Waals surface area contributed by atoms with Gasteiger partial charge in [-0.2, -0.15) is 0 Å². The number of halogens is 1. The van der Waals surface area contributed by atoms with Crippen molar-refractivity contribution in [1.29, 1.82) is 0 Å². The fourth-order valence-corrected chi connectivity index (χ4v) is 4.38. The van der Waals surface area contributed by atoms with Gasteiger partial charge in [-0.1, -0.05) is 19.9 Å². The first-order valence-electron chi connectivity index (χ1n) is 7.33. The molecule has 1 aromatic rings. The molecule has 1 unspecified atom stereocenters. The van der Waals surface area contributed by atoms with Gasteiger partial charge in [0.05, 0.1) is 4.90 Å². The monoisotopic (exact) mass is 374 g/mol. The maximum atomic E-state index is 12.4. The van der Waals surface area contributed by atoms with Crippen molar-refractivity contribution < 1.29 is 8.42 Å². The number of rotatable bonds is 7. The Morgan fingerprint density at radius 2 is 1.95 bits per heavy atom. The quantitative estimate of drug-likeness (QED) is 0.770. The lowest BCUT2D eigenvalue weighted by molar-refractivity contribution is 0.476. The molecule has 4 nitrogen and oxygen atoms in total. The highest BCUT2D eigenvalue weighted by molar-refractivity contribution is 9.10. The average molecular weight is 375 g/mol. The van der Waals surface area contributed by atoms with E-state index in [4.69, 9.17) is 0 Å². The van der Waals surface area contributed by atoms with Crippen LogP contribution in [0.2, 0.25) is 0 Å². The number of benzene rings is 1. The van der Waals surface area contributed by atoms with Crippen LogP contribution < -0.4 is 10.0 Å². The van der Waals surface area contributed by atoms with Gasteiger partial charge in [0, 0.05) is 23.1 Å². The van der Waals surface area contributed by atoms with Crippen molar-refractivity contribution in [3.63, 3.8) is 0 Å². The molecule has 2 N–H and O–H groups in total. The molecule has 0 saturated heterocycles. The Morgan fingerprint density at radius 1 is 1.29 bits per heavy atom. The summed E-state index contributed by atoms with van der Waals surface area (Å²) in [4.78, 5) is 0.296. The minimum Gasteiger partial charge on any atom is -0.310 e. The van der Waals surface area contributed by atoms with Crippen LogP contribution in [-0.4, -0.2) is 20.5 Å².